The number of nitrogens with one attached hydrogen (secondary N) is 1. The van der Waals surface area contributed by atoms with E-state index in [9.17, 15) is 9.90 Å². The van der Waals surface area contributed by atoms with Gasteiger partial charge in [0, 0.05) is 23.2 Å². The van der Waals surface area contributed by atoms with Gasteiger partial charge in [0.15, 0.2) is 11.5 Å². The third kappa shape index (κ3) is 3.70. The van der Waals surface area contributed by atoms with Crippen molar-refractivity contribution in [1.29, 1.82) is 0 Å². The van der Waals surface area contributed by atoms with E-state index in [1.807, 2.05) is 6.07 Å². The van der Waals surface area contributed by atoms with Crippen molar-refractivity contribution < 1.29 is 14.4 Å². The van der Waals surface area contributed by atoms with Crippen LogP contribution in [0.2, 0.25) is 5.02 Å². The number of carbonyl (C=O) groups is 1. The zero-order chi connectivity index (χ0) is 16.2. The van der Waals surface area contributed by atoms with Crippen LogP contribution in [0.25, 0.3) is 11.3 Å². The summed E-state index contributed by atoms with van der Waals surface area (Å²) in [6.07, 6.45) is 0. The largest absolute Gasteiger partial charge is 0.508 e. The summed E-state index contributed by atoms with van der Waals surface area (Å²) in [5.74, 6) is 0.296. The van der Waals surface area contributed by atoms with Crippen molar-refractivity contribution in [2.24, 2.45) is 0 Å². The number of aromatic nitrogens is 1. The molecular formula is C17H13ClN2O3. The highest BCUT2D eigenvalue weighted by Gasteiger charge is 2.13. The van der Waals surface area contributed by atoms with E-state index in [0.717, 1.165) is 11.1 Å². The van der Waals surface area contributed by atoms with Gasteiger partial charge in [-0.15, -0.1) is 0 Å². The van der Waals surface area contributed by atoms with Crippen molar-refractivity contribution in [2.75, 3.05) is 0 Å². The number of hydrogen-bond acceptors (Lipinski definition) is 4. The van der Waals surface area contributed by atoms with E-state index < -0.39 is 0 Å². The van der Waals surface area contributed by atoms with Crippen molar-refractivity contribution in [3.8, 4) is 17.1 Å². The van der Waals surface area contributed by atoms with Crippen molar-refractivity contribution in [2.45, 2.75) is 6.54 Å². The second-order valence-electron chi connectivity index (χ2n) is 4.94. The highest BCUT2D eigenvalue weighted by Crippen LogP contribution is 2.22. The SMILES string of the molecule is O=C(NCc1cccc(O)c1)c1cc(-c2ccc(Cl)cc2)on1. The molecule has 116 valence electrons. The van der Waals surface area contributed by atoms with E-state index in [2.05, 4.69) is 10.5 Å². The predicted octanol–water partition coefficient (Wildman–Crippen LogP) is 3.63. The summed E-state index contributed by atoms with van der Waals surface area (Å²) >= 11 is 5.84. The standard InChI is InChI=1S/C17H13ClN2O3/c18-13-6-4-12(5-7-13)16-9-15(20-23-16)17(22)19-10-11-2-1-3-14(21)8-11/h1-9,21H,10H2,(H,19,22). The Balaban J connectivity index is 1.67. The van der Waals surface area contributed by atoms with Gasteiger partial charge >= 0.3 is 0 Å². The van der Waals surface area contributed by atoms with Crippen molar-refractivity contribution in [3.63, 3.8) is 0 Å². The lowest BCUT2D eigenvalue weighted by atomic mass is 10.1. The van der Waals surface area contributed by atoms with Crippen LogP contribution in [-0.4, -0.2) is 16.2 Å². The number of rotatable bonds is 4. The number of amides is 1. The number of benzene rings is 2. The maximum Gasteiger partial charge on any atom is 0.273 e. The minimum absolute atomic E-state index is 0.156. The van der Waals surface area contributed by atoms with Crippen LogP contribution < -0.4 is 5.32 Å². The molecule has 6 heteroatoms. The second-order valence-corrected chi connectivity index (χ2v) is 5.37. The molecule has 5 nitrogen and oxygen atoms in total. The summed E-state index contributed by atoms with van der Waals surface area (Å²) in [6, 6.07) is 15.3. The molecule has 0 radical (unpaired) electrons. The van der Waals surface area contributed by atoms with Gasteiger partial charge in [0.2, 0.25) is 0 Å². The summed E-state index contributed by atoms with van der Waals surface area (Å²) in [7, 11) is 0. The van der Waals surface area contributed by atoms with Crippen LogP contribution in [0.5, 0.6) is 5.75 Å². The average Bonchev–Trinajstić information content (AvgIpc) is 3.03. The first kappa shape index (κ1) is 15.1. The number of nitrogens with zero attached hydrogens (tertiary/aromatic N) is 1. The summed E-state index contributed by atoms with van der Waals surface area (Å²) in [6.45, 7) is 0.288. The van der Waals surface area contributed by atoms with Crippen LogP contribution in [0.15, 0.2) is 59.1 Å². The first-order valence-corrected chi connectivity index (χ1v) is 7.28. The Hall–Kier alpha value is -2.79. The molecule has 3 rings (SSSR count). The maximum absolute atomic E-state index is 12.1. The first-order chi connectivity index (χ1) is 11.1. The summed E-state index contributed by atoms with van der Waals surface area (Å²) in [4.78, 5) is 12.1. The molecule has 1 aromatic heterocycles. The van der Waals surface area contributed by atoms with Crippen LogP contribution in [0.3, 0.4) is 0 Å². The Morgan fingerprint density at radius 2 is 1.96 bits per heavy atom. The monoisotopic (exact) mass is 328 g/mol. The number of phenolic OH excluding ortho intramolecular Hbond substituents is 1. The lowest BCUT2D eigenvalue weighted by molar-refractivity contribution is 0.0942. The summed E-state index contributed by atoms with van der Waals surface area (Å²) in [5, 5.41) is 16.5. The van der Waals surface area contributed by atoms with E-state index in [1.165, 1.54) is 0 Å². The molecule has 1 amide bonds. The van der Waals surface area contributed by atoms with Gasteiger partial charge in [-0.3, -0.25) is 4.79 Å². The van der Waals surface area contributed by atoms with Gasteiger partial charge in [-0.25, -0.2) is 0 Å². The van der Waals surface area contributed by atoms with Gasteiger partial charge in [-0.05, 0) is 42.0 Å². The van der Waals surface area contributed by atoms with Crippen molar-refractivity contribution >= 4 is 17.5 Å². The Kier molecular flexibility index (Phi) is 4.30. The fraction of sp³-hybridized carbons (Fsp3) is 0.0588. The van der Waals surface area contributed by atoms with Gasteiger partial charge < -0.3 is 14.9 Å². The van der Waals surface area contributed by atoms with Gasteiger partial charge in [-0.1, -0.05) is 28.9 Å². The molecule has 0 saturated carbocycles. The van der Waals surface area contributed by atoms with Crippen LogP contribution >= 0.6 is 11.6 Å². The summed E-state index contributed by atoms with van der Waals surface area (Å²) < 4.78 is 5.19. The average molecular weight is 329 g/mol. The number of aromatic hydroxyl groups is 1. The molecule has 3 aromatic rings. The second kappa shape index (κ2) is 6.54. The summed E-state index contributed by atoms with van der Waals surface area (Å²) in [5.41, 5.74) is 1.77. The van der Waals surface area contributed by atoms with E-state index >= 15 is 0 Å². The minimum atomic E-state index is -0.350. The molecule has 2 aromatic carbocycles. The third-order valence-electron chi connectivity index (χ3n) is 3.24. The fourth-order valence-electron chi connectivity index (χ4n) is 2.07. The van der Waals surface area contributed by atoms with Gasteiger partial charge in [0.1, 0.15) is 5.75 Å². The molecule has 0 atom stereocenters. The number of carbonyl (C=O) groups excluding carboxylic acids is 1. The number of halogens is 1. The lowest BCUT2D eigenvalue weighted by Crippen LogP contribution is -2.22. The molecular weight excluding hydrogens is 316 g/mol. The first-order valence-electron chi connectivity index (χ1n) is 6.90. The normalized spacial score (nSPS) is 10.5. The molecule has 0 aliphatic carbocycles. The molecule has 0 spiro atoms. The van der Waals surface area contributed by atoms with E-state index in [-0.39, 0.29) is 23.9 Å². The van der Waals surface area contributed by atoms with Crippen molar-refractivity contribution in [3.05, 3.63) is 70.9 Å². The van der Waals surface area contributed by atoms with Gasteiger partial charge in [0.25, 0.3) is 5.91 Å². The van der Waals surface area contributed by atoms with Crippen LogP contribution in [-0.2, 0) is 6.54 Å². The highest BCUT2D eigenvalue weighted by atomic mass is 35.5. The predicted molar refractivity (Wildman–Crippen MR) is 86.2 cm³/mol. The molecule has 0 aliphatic rings. The zero-order valence-corrected chi connectivity index (χ0v) is 12.7. The van der Waals surface area contributed by atoms with Gasteiger partial charge in [-0.2, -0.15) is 0 Å². The lowest BCUT2D eigenvalue weighted by Gasteiger charge is -2.03. The molecule has 0 saturated heterocycles. The molecule has 0 unspecified atom stereocenters. The van der Waals surface area contributed by atoms with Crippen LogP contribution in [0.4, 0.5) is 0 Å². The zero-order valence-electron chi connectivity index (χ0n) is 12.0. The van der Waals surface area contributed by atoms with Crippen LogP contribution in [0, 0.1) is 0 Å². The Morgan fingerprint density at radius 3 is 2.70 bits per heavy atom. The highest BCUT2D eigenvalue weighted by molar-refractivity contribution is 6.30. The third-order valence-corrected chi connectivity index (χ3v) is 3.49. The topological polar surface area (TPSA) is 75.4 Å². The van der Waals surface area contributed by atoms with E-state index in [4.69, 9.17) is 16.1 Å². The minimum Gasteiger partial charge on any atom is -0.508 e. The van der Waals surface area contributed by atoms with Crippen LogP contribution in [0.1, 0.15) is 16.1 Å². The molecule has 1 heterocycles. The van der Waals surface area contributed by atoms with E-state index in [1.54, 1.807) is 48.5 Å². The molecule has 23 heavy (non-hydrogen) atoms. The Labute approximate surface area is 137 Å². The quantitative estimate of drug-likeness (QED) is 0.767. The molecule has 0 fully saturated rings. The smallest absolute Gasteiger partial charge is 0.273 e. The molecule has 2 N–H and O–H groups in total. The fourth-order valence-corrected chi connectivity index (χ4v) is 2.20. The number of hydrogen-bond donors (Lipinski definition) is 2. The number of phenols is 1. The molecule has 0 aliphatic heterocycles. The maximum atomic E-state index is 12.1. The van der Waals surface area contributed by atoms with E-state index in [0.29, 0.717) is 10.8 Å². The Morgan fingerprint density at radius 1 is 1.17 bits per heavy atom. The molecule has 0 bridgehead atoms. The Bertz CT molecular complexity index is 828. The van der Waals surface area contributed by atoms with Crippen molar-refractivity contribution in [1.82, 2.24) is 10.5 Å². The van der Waals surface area contributed by atoms with Gasteiger partial charge in [0.05, 0.1) is 0 Å².